The molecule has 1 atom stereocenters. The summed E-state index contributed by atoms with van der Waals surface area (Å²) in [4.78, 5) is 25.9. The maximum absolute atomic E-state index is 12.8. The fourth-order valence-corrected chi connectivity index (χ4v) is 3.79. The fourth-order valence-electron chi connectivity index (χ4n) is 3.79. The lowest BCUT2D eigenvalue weighted by atomic mass is 9.90. The van der Waals surface area contributed by atoms with Gasteiger partial charge in [-0.2, -0.15) is 0 Å². The fraction of sp³-hybridized carbons (Fsp3) is 0.636. The highest BCUT2D eigenvalue weighted by Gasteiger charge is 2.28. The molecule has 0 bridgehead atoms. The molecule has 1 aromatic carbocycles. The molecule has 0 radical (unpaired) electrons. The van der Waals surface area contributed by atoms with Gasteiger partial charge in [0.2, 0.25) is 5.91 Å². The van der Waals surface area contributed by atoms with Crippen molar-refractivity contribution in [3.63, 3.8) is 0 Å². The smallest absolute Gasteiger partial charge is 0.312 e. The predicted molar refractivity (Wildman–Crippen MR) is 111 cm³/mol. The Morgan fingerprint density at radius 1 is 1.21 bits per heavy atom. The van der Waals surface area contributed by atoms with Gasteiger partial charge in [-0.05, 0) is 62.6 Å². The lowest BCUT2D eigenvalue weighted by molar-refractivity contribution is -0.134. The normalized spacial score (nSPS) is 15.9. The van der Waals surface area contributed by atoms with Crippen LogP contribution in [-0.4, -0.2) is 42.6 Å². The van der Waals surface area contributed by atoms with E-state index in [1.807, 2.05) is 24.0 Å². The SMILES string of the molecule is CCCCC(NC(N)=O)C(=O)N1CCC(CCc2ccc(OCC)cc2)CC1. The number of nitrogens with one attached hydrogen (secondary N) is 1. The molecule has 1 fully saturated rings. The summed E-state index contributed by atoms with van der Waals surface area (Å²) in [5.41, 5.74) is 6.57. The molecule has 0 aliphatic carbocycles. The number of urea groups is 1. The summed E-state index contributed by atoms with van der Waals surface area (Å²) in [6.07, 6.45) is 6.74. The van der Waals surface area contributed by atoms with Gasteiger partial charge < -0.3 is 20.7 Å². The maximum atomic E-state index is 12.8. The summed E-state index contributed by atoms with van der Waals surface area (Å²) in [7, 11) is 0. The van der Waals surface area contributed by atoms with E-state index in [1.54, 1.807) is 0 Å². The van der Waals surface area contributed by atoms with E-state index in [-0.39, 0.29) is 5.91 Å². The number of likely N-dealkylation sites (tertiary alicyclic amines) is 1. The first-order valence-corrected chi connectivity index (χ1v) is 10.6. The van der Waals surface area contributed by atoms with Gasteiger partial charge in [0.05, 0.1) is 6.61 Å². The number of amides is 3. The zero-order chi connectivity index (χ0) is 20.4. The number of carbonyl (C=O) groups excluding carboxylic acids is 2. The summed E-state index contributed by atoms with van der Waals surface area (Å²) in [6.45, 7) is 6.26. The topological polar surface area (TPSA) is 84.7 Å². The highest BCUT2D eigenvalue weighted by Crippen LogP contribution is 2.24. The Labute approximate surface area is 168 Å². The van der Waals surface area contributed by atoms with Crippen molar-refractivity contribution in [2.45, 2.75) is 64.8 Å². The van der Waals surface area contributed by atoms with E-state index >= 15 is 0 Å². The highest BCUT2D eigenvalue weighted by molar-refractivity contribution is 5.86. The number of unbranched alkanes of at least 4 members (excludes halogenated alkanes) is 1. The molecule has 2 rings (SSSR count). The zero-order valence-corrected chi connectivity index (χ0v) is 17.3. The number of nitrogens with zero attached hydrogens (tertiary/aromatic N) is 1. The Bertz CT molecular complexity index is 610. The molecule has 1 aromatic rings. The highest BCUT2D eigenvalue weighted by atomic mass is 16.5. The first-order chi connectivity index (χ1) is 13.5. The molecule has 1 saturated heterocycles. The van der Waals surface area contributed by atoms with Crippen molar-refractivity contribution in [2.75, 3.05) is 19.7 Å². The molecule has 3 amide bonds. The number of piperidine rings is 1. The number of ether oxygens (including phenoxy) is 1. The predicted octanol–water partition coefficient (Wildman–Crippen LogP) is 3.48. The van der Waals surface area contributed by atoms with Gasteiger partial charge in [-0.25, -0.2) is 4.79 Å². The summed E-state index contributed by atoms with van der Waals surface area (Å²) < 4.78 is 5.49. The molecular weight excluding hydrogens is 354 g/mol. The van der Waals surface area contributed by atoms with E-state index in [9.17, 15) is 9.59 Å². The van der Waals surface area contributed by atoms with Crippen LogP contribution in [0.1, 0.15) is 57.9 Å². The van der Waals surface area contributed by atoms with Crippen LogP contribution in [0.15, 0.2) is 24.3 Å². The van der Waals surface area contributed by atoms with Crippen LogP contribution in [0.4, 0.5) is 4.79 Å². The first kappa shape index (κ1) is 22.1. The molecule has 1 aliphatic rings. The van der Waals surface area contributed by atoms with Gasteiger partial charge in [0.25, 0.3) is 0 Å². The van der Waals surface area contributed by atoms with Crippen molar-refractivity contribution in [2.24, 2.45) is 11.7 Å². The second kappa shape index (κ2) is 11.6. The largest absolute Gasteiger partial charge is 0.494 e. The number of hydrogen-bond donors (Lipinski definition) is 2. The second-order valence-electron chi connectivity index (χ2n) is 7.59. The Balaban J connectivity index is 1.77. The number of benzene rings is 1. The van der Waals surface area contributed by atoms with Crippen LogP contribution in [0, 0.1) is 5.92 Å². The minimum absolute atomic E-state index is 0.0113. The monoisotopic (exact) mass is 389 g/mol. The van der Waals surface area contributed by atoms with E-state index < -0.39 is 12.1 Å². The van der Waals surface area contributed by atoms with E-state index in [1.165, 1.54) is 5.56 Å². The van der Waals surface area contributed by atoms with Crippen LogP contribution in [-0.2, 0) is 11.2 Å². The minimum atomic E-state index is -0.625. The minimum Gasteiger partial charge on any atom is -0.494 e. The number of nitrogens with two attached hydrogens (primary N) is 1. The average molecular weight is 390 g/mol. The molecule has 3 N–H and O–H groups in total. The Morgan fingerprint density at radius 3 is 2.46 bits per heavy atom. The van der Waals surface area contributed by atoms with Crippen molar-refractivity contribution in [1.29, 1.82) is 0 Å². The molecule has 6 nitrogen and oxygen atoms in total. The number of carbonyl (C=O) groups is 2. The van der Waals surface area contributed by atoms with Crippen LogP contribution in [0.25, 0.3) is 0 Å². The van der Waals surface area contributed by atoms with Crippen LogP contribution < -0.4 is 15.8 Å². The van der Waals surface area contributed by atoms with Gasteiger partial charge in [0, 0.05) is 13.1 Å². The molecule has 28 heavy (non-hydrogen) atoms. The van der Waals surface area contributed by atoms with Gasteiger partial charge in [0.1, 0.15) is 11.8 Å². The third-order valence-electron chi connectivity index (χ3n) is 5.46. The first-order valence-electron chi connectivity index (χ1n) is 10.6. The lowest BCUT2D eigenvalue weighted by Gasteiger charge is -2.34. The van der Waals surface area contributed by atoms with Crippen molar-refractivity contribution in [3.8, 4) is 5.75 Å². The van der Waals surface area contributed by atoms with Gasteiger partial charge in [-0.3, -0.25) is 4.79 Å². The third-order valence-corrected chi connectivity index (χ3v) is 5.46. The number of hydrogen-bond acceptors (Lipinski definition) is 3. The molecule has 6 heteroatoms. The van der Waals surface area contributed by atoms with Gasteiger partial charge in [-0.15, -0.1) is 0 Å². The number of rotatable bonds is 10. The van der Waals surface area contributed by atoms with E-state index in [0.717, 1.165) is 57.4 Å². The summed E-state index contributed by atoms with van der Waals surface area (Å²) in [5.74, 6) is 1.56. The van der Waals surface area contributed by atoms with E-state index in [0.29, 0.717) is 18.9 Å². The molecular formula is C22H35N3O3. The van der Waals surface area contributed by atoms with Crippen molar-refractivity contribution in [1.82, 2.24) is 10.2 Å². The van der Waals surface area contributed by atoms with Gasteiger partial charge >= 0.3 is 6.03 Å². The van der Waals surface area contributed by atoms with Crippen LogP contribution in [0.2, 0.25) is 0 Å². The molecule has 0 aromatic heterocycles. The maximum Gasteiger partial charge on any atom is 0.312 e. The molecule has 1 heterocycles. The standard InChI is InChI=1S/C22H35N3O3/c1-3-5-6-20(24-22(23)27)21(26)25-15-13-18(14-16-25)8-7-17-9-11-19(12-10-17)28-4-2/h9-12,18,20H,3-8,13-16H2,1-2H3,(H3,23,24,27). The lowest BCUT2D eigenvalue weighted by Crippen LogP contribution is -2.51. The Hall–Kier alpha value is -2.24. The number of primary amides is 1. The Morgan fingerprint density at radius 2 is 1.89 bits per heavy atom. The summed E-state index contributed by atoms with van der Waals surface area (Å²) in [6, 6.07) is 7.22. The Kier molecular flexibility index (Phi) is 9.11. The second-order valence-corrected chi connectivity index (χ2v) is 7.59. The third kappa shape index (κ3) is 7.06. The van der Waals surface area contributed by atoms with E-state index in [4.69, 9.17) is 10.5 Å². The van der Waals surface area contributed by atoms with Gasteiger partial charge in [-0.1, -0.05) is 31.9 Å². The quantitative estimate of drug-likeness (QED) is 0.642. The van der Waals surface area contributed by atoms with Crippen LogP contribution in [0.3, 0.4) is 0 Å². The average Bonchev–Trinajstić information content (AvgIpc) is 2.70. The molecule has 0 spiro atoms. The van der Waals surface area contributed by atoms with Crippen LogP contribution in [0.5, 0.6) is 5.75 Å². The van der Waals surface area contributed by atoms with Crippen LogP contribution >= 0.6 is 0 Å². The zero-order valence-electron chi connectivity index (χ0n) is 17.3. The van der Waals surface area contributed by atoms with E-state index in [2.05, 4.69) is 24.4 Å². The van der Waals surface area contributed by atoms with Crippen molar-refractivity contribution < 1.29 is 14.3 Å². The molecule has 156 valence electrons. The van der Waals surface area contributed by atoms with Crippen molar-refractivity contribution >= 4 is 11.9 Å². The van der Waals surface area contributed by atoms with Crippen molar-refractivity contribution in [3.05, 3.63) is 29.8 Å². The summed E-state index contributed by atoms with van der Waals surface area (Å²) in [5, 5.41) is 2.62. The molecule has 0 saturated carbocycles. The molecule has 1 unspecified atom stereocenters. The number of aryl methyl sites for hydroxylation is 1. The summed E-state index contributed by atoms with van der Waals surface area (Å²) >= 11 is 0. The van der Waals surface area contributed by atoms with Gasteiger partial charge in [0.15, 0.2) is 0 Å². The molecule has 1 aliphatic heterocycles.